The Bertz CT molecular complexity index is 376. The van der Waals surface area contributed by atoms with Crippen LogP contribution in [0.1, 0.15) is 5.69 Å². The molecule has 56 valence electrons. The van der Waals surface area contributed by atoms with E-state index in [9.17, 15) is 4.79 Å². The molecule has 4 heteroatoms. The summed E-state index contributed by atoms with van der Waals surface area (Å²) < 4.78 is 1.93. The highest BCUT2D eigenvalue weighted by atomic mass is 32.1. The number of carbonyl (C=O) groups excluding carboxylic acids is 1. The molecule has 2 aromatic heterocycles. The van der Waals surface area contributed by atoms with Crippen molar-refractivity contribution in [2.45, 2.75) is 6.42 Å². The minimum Gasteiger partial charge on any atom is -0.303 e. The first-order valence-corrected chi connectivity index (χ1v) is 4.13. The highest BCUT2D eigenvalue weighted by Gasteiger charge is 2.01. The highest BCUT2D eigenvalue weighted by Crippen LogP contribution is 2.11. The second-order valence-electron chi connectivity index (χ2n) is 2.18. The van der Waals surface area contributed by atoms with Crippen LogP contribution in [0.25, 0.3) is 4.96 Å². The number of nitrogens with zero attached hydrogens (tertiary/aromatic N) is 2. The molecule has 0 N–H and O–H groups in total. The molecule has 0 radical (unpaired) electrons. The molecule has 0 unspecified atom stereocenters. The van der Waals surface area contributed by atoms with Crippen LogP contribution in [-0.4, -0.2) is 15.7 Å². The summed E-state index contributed by atoms with van der Waals surface area (Å²) in [5, 5.41) is 1.95. The first kappa shape index (κ1) is 6.54. The second-order valence-corrected chi connectivity index (χ2v) is 3.05. The van der Waals surface area contributed by atoms with Gasteiger partial charge in [-0.1, -0.05) is 0 Å². The average Bonchev–Trinajstić information content (AvgIpc) is 2.53. The lowest BCUT2D eigenvalue weighted by Gasteiger charge is -1.87. The van der Waals surface area contributed by atoms with Crippen LogP contribution in [-0.2, 0) is 11.2 Å². The molecule has 0 fully saturated rings. The Labute approximate surface area is 67.3 Å². The van der Waals surface area contributed by atoms with Gasteiger partial charge in [0.25, 0.3) is 0 Å². The van der Waals surface area contributed by atoms with Gasteiger partial charge in [-0.25, -0.2) is 4.98 Å². The van der Waals surface area contributed by atoms with E-state index in [2.05, 4.69) is 4.98 Å². The topological polar surface area (TPSA) is 34.4 Å². The predicted octanol–water partition coefficient (Wildman–Crippen LogP) is 1.14. The van der Waals surface area contributed by atoms with Gasteiger partial charge in [0.15, 0.2) is 4.96 Å². The Morgan fingerprint density at radius 3 is 3.45 bits per heavy atom. The average molecular weight is 166 g/mol. The molecule has 0 atom stereocenters. The van der Waals surface area contributed by atoms with E-state index in [0.29, 0.717) is 6.42 Å². The van der Waals surface area contributed by atoms with Crippen LogP contribution in [0, 0.1) is 0 Å². The Kier molecular flexibility index (Phi) is 1.47. The van der Waals surface area contributed by atoms with Gasteiger partial charge in [-0.15, -0.1) is 11.3 Å². The molecule has 0 bridgehead atoms. The van der Waals surface area contributed by atoms with Crippen LogP contribution >= 0.6 is 11.3 Å². The number of aldehydes is 1. The molecule has 0 aliphatic rings. The quantitative estimate of drug-likeness (QED) is 0.627. The molecule has 2 aromatic rings. The van der Waals surface area contributed by atoms with Crippen molar-refractivity contribution in [2.24, 2.45) is 0 Å². The van der Waals surface area contributed by atoms with Crippen LogP contribution in [0.4, 0.5) is 0 Å². The summed E-state index contributed by atoms with van der Waals surface area (Å²) in [4.78, 5) is 15.3. The minimum absolute atomic E-state index is 0.442. The van der Waals surface area contributed by atoms with E-state index in [1.165, 1.54) is 0 Å². The van der Waals surface area contributed by atoms with Crippen molar-refractivity contribution in [1.82, 2.24) is 9.38 Å². The third-order valence-electron chi connectivity index (χ3n) is 1.52. The second kappa shape index (κ2) is 2.47. The number of hydrogen-bond acceptors (Lipinski definition) is 3. The molecular weight excluding hydrogens is 160 g/mol. The zero-order chi connectivity index (χ0) is 7.68. The van der Waals surface area contributed by atoms with Crippen LogP contribution in [0.3, 0.4) is 0 Å². The summed E-state index contributed by atoms with van der Waals surface area (Å²) in [6.45, 7) is 0. The van der Waals surface area contributed by atoms with Crippen molar-refractivity contribution in [3.8, 4) is 0 Å². The fraction of sp³-hybridized carbons (Fsp3) is 0.143. The Morgan fingerprint density at radius 1 is 1.73 bits per heavy atom. The van der Waals surface area contributed by atoms with Gasteiger partial charge in [0.2, 0.25) is 0 Å². The van der Waals surface area contributed by atoms with Crippen LogP contribution < -0.4 is 0 Å². The van der Waals surface area contributed by atoms with Crippen molar-refractivity contribution >= 4 is 22.6 Å². The largest absolute Gasteiger partial charge is 0.303 e. The maximum Gasteiger partial charge on any atom is 0.193 e. The van der Waals surface area contributed by atoms with E-state index in [4.69, 9.17) is 0 Å². The zero-order valence-corrected chi connectivity index (χ0v) is 6.54. The van der Waals surface area contributed by atoms with Gasteiger partial charge in [-0.3, -0.25) is 4.40 Å². The van der Waals surface area contributed by atoms with E-state index in [0.717, 1.165) is 16.9 Å². The van der Waals surface area contributed by atoms with E-state index < -0.39 is 0 Å². The molecule has 11 heavy (non-hydrogen) atoms. The first-order valence-electron chi connectivity index (χ1n) is 3.25. The van der Waals surface area contributed by atoms with Crippen molar-refractivity contribution in [2.75, 3.05) is 0 Å². The van der Waals surface area contributed by atoms with Crippen molar-refractivity contribution in [3.05, 3.63) is 23.5 Å². The number of thiazole rings is 1. The third kappa shape index (κ3) is 0.952. The van der Waals surface area contributed by atoms with Gasteiger partial charge < -0.3 is 4.79 Å². The lowest BCUT2D eigenvalue weighted by Crippen LogP contribution is -1.89. The molecule has 0 amide bonds. The Morgan fingerprint density at radius 2 is 2.64 bits per heavy atom. The van der Waals surface area contributed by atoms with Crippen LogP contribution in [0.5, 0.6) is 0 Å². The Balaban J connectivity index is 2.59. The number of aromatic nitrogens is 2. The molecule has 0 aliphatic heterocycles. The first-order chi connectivity index (χ1) is 5.42. The summed E-state index contributed by atoms with van der Waals surface area (Å²) in [7, 11) is 0. The number of carbonyl (C=O) groups is 1. The standard InChI is InChI=1S/C7H6N2OS/c10-3-1-6-5-8-7-9(6)2-4-11-7/h2-5H,1H2. The third-order valence-corrected chi connectivity index (χ3v) is 2.29. The summed E-state index contributed by atoms with van der Waals surface area (Å²) in [5.74, 6) is 0. The van der Waals surface area contributed by atoms with Crippen molar-refractivity contribution in [1.29, 1.82) is 0 Å². The lowest BCUT2D eigenvalue weighted by atomic mass is 10.4. The molecule has 2 heterocycles. The summed E-state index contributed by atoms with van der Waals surface area (Å²) >= 11 is 1.57. The minimum atomic E-state index is 0.442. The van der Waals surface area contributed by atoms with E-state index in [1.807, 2.05) is 16.0 Å². The van der Waals surface area contributed by atoms with Gasteiger partial charge in [-0.2, -0.15) is 0 Å². The smallest absolute Gasteiger partial charge is 0.193 e. The van der Waals surface area contributed by atoms with Gasteiger partial charge >= 0.3 is 0 Å². The summed E-state index contributed by atoms with van der Waals surface area (Å²) in [6, 6.07) is 0. The normalized spacial score (nSPS) is 10.5. The van der Waals surface area contributed by atoms with Gasteiger partial charge in [0.05, 0.1) is 11.9 Å². The molecule has 0 saturated heterocycles. The van der Waals surface area contributed by atoms with Crippen molar-refractivity contribution in [3.63, 3.8) is 0 Å². The zero-order valence-electron chi connectivity index (χ0n) is 5.73. The van der Waals surface area contributed by atoms with Crippen LogP contribution in [0.2, 0.25) is 0 Å². The lowest BCUT2D eigenvalue weighted by molar-refractivity contribution is -0.107. The molecule has 2 rings (SSSR count). The van der Waals surface area contributed by atoms with E-state index in [-0.39, 0.29) is 0 Å². The maximum absolute atomic E-state index is 10.2. The van der Waals surface area contributed by atoms with E-state index in [1.54, 1.807) is 17.5 Å². The van der Waals surface area contributed by atoms with Crippen LogP contribution in [0.15, 0.2) is 17.8 Å². The van der Waals surface area contributed by atoms with Crippen molar-refractivity contribution < 1.29 is 4.79 Å². The summed E-state index contributed by atoms with van der Waals surface area (Å²) in [5.41, 5.74) is 0.955. The SMILES string of the molecule is O=CCc1cnc2sccn12. The summed E-state index contributed by atoms with van der Waals surface area (Å²) in [6.07, 6.45) is 4.99. The fourth-order valence-electron chi connectivity index (χ4n) is 1.01. The molecule has 0 aliphatic carbocycles. The van der Waals surface area contributed by atoms with Gasteiger partial charge in [0.1, 0.15) is 6.29 Å². The number of imidazole rings is 1. The van der Waals surface area contributed by atoms with Gasteiger partial charge in [-0.05, 0) is 0 Å². The van der Waals surface area contributed by atoms with E-state index >= 15 is 0 Å². The molecular formula is C7H6N2OS. The molecule has 0 saturated carbocycles. The fourth-order valence-corrected chi connectivity index (χ4v) is 1.72. The Hall–Kier alpha value is -1.16. The molecule has 3 nitrogen and oxygen atoms in total. The highest BCUT2D eigenvalue weighted by molar-refractivity contribution is 7.15. The predicted molar refractivity (Wildman–Crippen MR) is 42.8 cm³/mol. The number of hydrogen-bond donors (Lipinski definition) is 0. The molecule has 0 spiro atoms. The number of fused-ring (bicyclic) bond motifs is 1. The molecule has 0 aromatic carbocycles. The monoisotopic (exact) mass is 166 g/mol. The number of rotatable bonds is 2. The maximum atomic E-state index is 10.2. The van der Waals surface area contributed by atoms with Gasteiger partial charge in [0, 0.05) is 18.0 Å².